The summed E-state index contributed by atoms with van der Waals surface area (Å²) >= 11 is 0. The predicted molar refractivity (Wildman–Crippen MR) is 76.2 cm³/mol. The molecule has 0 aliphatic rings. The van der Waals surface area contributed by atoms with E-state index in [2.05, 4.69) is 5.32 Å². The van der Waals surface area contributed by atoms with Crippen molar-refractivity contribution in [2.75, 3.05) is 17.6 Å². The molecule has 6 nitrogen and oxygen atoms in total. The van der Waals surface area contributed by atoms with E-state index in [4.69, 9.17) is 10.9 Å². The van der Waals surface area contributed by atoms with Crippen molar-refractivity contribution in [3.8, 4) is 0 Å². The minimum absolute atomic E-state index is 0.0307. The van der Waals surface area contributed by atoms with Gasteiger partial charge in [0.25, 0.3) is 0 Å². The zero-order valence-corrected chi connectivity index (χ0v) is 12.0. The number of nitrogens with two attached hydrogens (primary N) is 2. The van der Waals surface area contributed by atoms with Crippen molar-refractivity contribution in [2.45, 2.75) is 37.2 Å². The minimum Gasteiger partial charge on any atom is -0.397 e. The number of sulfonamides is 1. The molecule has 0 radical (unpaired) electrons. The molecule has 1 aromatic rings. The summed E-state index contributed by atoms with van der Waals surface area (Å²) in [6, 6.07) is 4.22. The van der Waals surface area contributed by atoms with Gasteiger partial charge in [0.2, 0.25) is 10.0 Å². The first-order valence-corrected chi connectivity index (χ1v) is 7.65. The Morgan fingerprint density at radius 1 is 1.32 bits per heavy atom. The molecule has 0 amide bonds. The van der Waals surface area contributed by atoms with E-state index < -0.39 is 15.6 Å². The van der Waals surface area contributed by atoms with Crippen LogP contribution < -0.4 is 16.2 Å². The highest BCUT2D eigenvalue weighted by Crippen LogP contribution is 2.23. The number of primary sulfonamides is 1. The number of hydrogen-bond donors (Lipinski definition) is 4. The smallest absolute Gasteiger partial charge is 0.238 e. The number of hydrogen-bond acceptors (Lipinski definition) is 5. The van der Waals surface area contributed by atoms with Gasteiger partial charge < -0.3 is 16.2 Å². The molecule has 0 saturated carbocycles. The topological polar surface area (TPSA) is 118 Å². The van der Waals surface area contributed by atoms with Crippen molar-refractivity contribution in [1.82, 2.24) is 0 Å². The Kier molecular flexibility index (Phi) is 4.78. The Morgan fingerprint density at radius 2 is 1.89 bits per heavy atom. The molecule has 6 N–H and O–H groups in total. The van der Waals surface area contributed by atoms with E-state index >= 15 is 0 Å². The summed E-state index contributed by atoms with van der Waals surface area (Å²) in [4.78, 5) is -0.0307. The van der Waals surface area contributed by atoms with Crippen LogP contribution in [-0.4, -0.2) is 25.7 Å². The van der Waals surface area contributed by atoms with Gasteiger partial charge in [-0.05, 0) is 31.0 Å². The number of nitrogen functional groups attached to an aromatic ring is 1. The van der Waals surface area contributed by atoms with Crippen LogP contribution >= 0.6 is 0 Å². The predicted octanol–water partition coefficient (Wildman–Crippen LogP) is 0.879. The van der Waals surface area contributed by atoms with Crippen molar-refractivity contribution in [3.63, 3.8) is 0 Å². The van der Waals surface area contributed by atoms with Gasteiger partial charge in [-0.25, -0.2) is 13.6 Å². The van der Waals surface area contributed by atoms with Gasteiger partial charge in [0.15, 0.2) is 0 Å². The third-order valence-electron chi connectivity index (χ3n) is 3.28. The van der Waals surface area contributed by atoms with Gasteiger partial charge in [0.05, 0.1) is 21.9 Å². The standard InChI is InChI=1S/C12H21N3O3S/c1-3-12(16,4-2)8-15-11-6-5-9(7-10(11)13)19(14,17)18/h5-7,15-16H,3-4,8,13H2,1-2H3,(H2,14,17,18). The Hall–Kier alpha value is -1.31. The fraction of sp³-hybridized carbons (Fsp3) is 0.500. The molecule has 0 aliphatic heterocycles. The second kappa shape index (κ2) is 5.77. The van der Waals surface area contributed by atoms with Gasteiger partial charge in [0.1, 0.15) is 0 Å². The fourth-order valence-electron chi connectivity index (χ4n) is 1.64. The van der Waals surface area contributed by atoms with Crippen LogP contribution in [0.4, 0.5) is 11.4 Å². The lowest BCUT2D eigenvalue weighted by Gasteiger charge is -2.26. The van der Waals surface area contributed by atoms with E-state index in [1.807, 2.05) is 13.8 Å². The van der Waals surface area contributed by atoms with Gasteiger partial charge in [-0.2, -0.15) is 0 Å². The molecule has 19 heavy (non-hydrogen) atoms. The maximum Gasteiger partial charge on any atom is 0.238 e. The van der Waals surface area contributed by atoms with Crippen LogP contribution in [-0.2, 0) is 10.0 Å². The summed E-state index contributed by atoms with van der Waals surface area (Å²) in [5.74, 6) is 0. The molecule has 0 heterocycles. The first-order valence-electron chi connectivity index (χ1n) is 6.10. The monoisotopic (exact) mass is 287 g/mol. The molecular formula is C12H21N3O3S. The summed E-state index contributed by atoms with van der Waals surface area (Å²) in [5, 5.41) is 18.2. The normalized spacial score (nSPS) is 12.4. The lowest BCUT2D eigenvalue weighted by atomic mass is 9.97. The second-order valence-electron chi connectivity index (χ2n) is 4.58. The number of anilines is 2. The van der Waals surface area contributed by atoms with Crippen molar-refractivity contribution in [2.24, 2.45) is 5.14 Å². The molecule has 1 aromatic carbocycles. The summed E-state index contributed by atoms with van der Waals surface area (Å²) in [6.45, 7) is 4.15. The first-order chi connectivity index (χ1) is 8.72. The number of benzene rings is 1. The first kappa shape index (κ1) is 15.7. The zero-order valence-electron chi connectivity index (χ0n) is 11.2. The largest absolute Gasteiger partial charge is 0.397 e. The van der Waals surface area contributed by atoms with Crippen LogP contribution in [0.1, 0.15) is 26.7 Å². The summed E-state index contributed by atoms with van der Waals surface area (Å²) in [6.07, 6.45) is 1.23. The zero-order chi connectivity index (χ0) is 14.7. The van der Waals surface area contributed by atoms with E-state index in [1.54, 1.807) is 6.07 Å². The van der Waals surface area contributed by atoms with Crippen LogP contribution in [0.15, 0.2) is 23.1 Å². The average molecular weight is 287 g/mol. The Morgan fingerprint density at radius 3 is 2.32 bits per heavy atom. The van der Waals surface area contributed by atoms with Crippen molar-refractivity contribution in [3.05, 3.63) is 18.2 Å². The lowest BCUT2D eigenvalue weighted by molar-refractivity contribution is 0.0457. The van der Waals surface area contributed by atoms with Crippen LogP contribution in [0.25, 0.3) is 0 Å². The number of aliphatic hydroxyl groups is 1. The van der Waals surface area contributed by atoms with Gasteiger partial charge in [-0.3, -0.25) is 0 Å². The van der Waals surface area contributed by atoms with Crippen LogP contribution in [0, 0.1) is 0 Å². The number of nitrogens with one attached hydrogen (secondary N) is 1. The molecule has 0 aliphatic carbocycles. The number of rotatable bonds is 6. The Labute approximate surface area is 113 Å². The second-order valence-corrected chi connectivity index (χ2v) is 6.14. The molecule has 0 saturated heterocycles. The average Bonchev–Trinajstić information content (AvgIpc) is 2.35. The quantitative estimate of drug-likeness (QED) is 0.579. The minimum atomic E-state index is -3.75. The van der Waals surface area contributed by atoms with E-state index in [1.165, 1.54) is 12.1 Å². The van der Waals surface area contributed by atoms with E-state index in [9.17, 15) is 13.5 Å². The SMILES string of the molecule is CCC(O)(CC)CNc1ccc(S(N)(=O)=O)cc1N. The molecule has 108 valence electrons. The molecule has 0 aromatic heterocycles. The molecule has 1 rings (SSSR count). The summed E-state index contributed by atoms with van der Waals surface area (Å²) in [7, 11) is -3.75. The van der Waals surface area contributed by atoms with E-state index in [-0.39, 0.29) is 10.6 Å². The fourth-order valence-corrected chi connectivity index (χ4v) is 2.19. The molecular weight excluding hydrogens is 266 g/mol. The lowest BCUT2D eigenvalue weighted by Crippen LogP contribution is -2.35. The highest BCUT2D eigenvalue weighted by atomic mass is 32.2. The molecule has 7 heteroatoms. The maximum absolute atomic E-state index is 11.2. The van der Waals surface area contributed by atoms with Crippen molar-refractivity contribution < 1.29 is 13.5 Å². The molecule has 0 bridgehead atoms. The highest BCUT2D eigenvalue weighted by molar-refractivity contribution is 7.89. The van der Waals surface area contributed by atoms with Crippen LogP contribution in [0.3, 0.4) is 0 Å². The van der Waals surface area contributed by atoms with Crippen LogP contribution in [0.2, 0.25) is 0 Å². The molecule has 0 atom stereocenters. The maximum atomic E-state index is 11.2. The van der Waals surface area contributed by atoms with Gasteiger partial charge >= 0.3 is 0 Å². The molecule has 0 fully saturated rings. The van der Waals surface area contributed by atoms with Gasteiger partial charge in [-0.1, -0.05) is 13.8 Å². The van der Waals surface area contributed by atoms with Gasteiger partial charge in [0, 0.05) is 6.54 Å². The third-order valence-corrected chi connectivity index (χ3v) is 4.19. The summed E-state index contributed by atoms with van der Waals surface area (Å²) in [5.41, 5.74) is 5.82. The third kappa shape index (κ3) is 4.09. The van der Waals surface area contributed by atoms with Crippen molar-refractivity contribution in [1.29, 1.82) is 0 Å². The highest BCUT2D eigenvalue weighted by Gasteiger charge is 2.22. The van der Waals surface area contributed by atoms with E-state index in [0.717, 1.165) is 0 Å². The van der Waals surface area contributed by atoms with Crippen molar-refractivity contribution >= 4 is 21.4 Å². The Bertz CT molecular complexity index is 539. The van der Waals surface area contributed by atoms with Crippen LogP contribution in [0.5, 0.6) is 0 Å². The summed E-state index contributed by atoms with van der Waals surface area (Å²) < 4.78 is 22.3. The Balaban J connectivity index is 2.87. The molecule has 0 unspecified atom stereocenters. The van der Waals surface area contributed by atoms with E-state index in [0.29, 0.717) is 25.1 Å². The molecule has 0 spiro atoms. The van der Waals surface area contributed by atoms with Gasteiger partial charge in [-0.15, -0.1) is 0 Å².